The molecule has 4 aromatic rings. The number of aromatic nitrogens is 3. The van der Waals surface area contributed by atoms with Crippen molar-refractivity contribution in [3.05, 3.63) is 65.8 Å². The molecule has 4 rings (SSSR count). The zero-order valence-electron chi connectivity index (χ0n) is 15.0. The zero-order valence-corrected chi connectivity index (χ0v) is 16.6. The molecule has 1 N–H and O–H groups in total. The Labute approximate surface area is 166 Å². The predicted molar refractivity (Wildman–Crippen MR) is 112 cm³/mol. The summed E-state index contributed by atoms with van der Waals surface area (Å²) in [5.41, 5.74) is 2.74. The molecular weight excluding hydrogens is 376 g/mol. The van der Waals surface area contributed by atoms with E-state index in [2.05, 4.69) is 39.4 Å². The van der Waals surface area contributed by atoms with E-state index in [1.807, 2.05) is 47.2 Å². The maximum atomic E-state index is 12.5. The third-order valence-corrected chi connectivity index (χ3v) is 6.09. The van der Waals surface area contributed by atoms with Crippen molar-refractivity contribution in [3.8, 4) is 10.6 Å². The minimum absolute atomic E-state index is 0.0255. The molecular formula is C20H20N4OS2. The third kappa shape index (κ3) is 3.79. The monoisotopic (exact) mass is 396 g/mol. The Hall–Kier alpha value is -2.51. The van der Waals surface area contributed by atoms with Crippen molar-refractivity contribution < 1.29 is 4.79 Å². The number of thiophene rings is 1. The van der Waals surface area contributed by atoms with Crippen LogP contribution in [0, 0.1) is 0 Å². The molecule has 0 spiro atoms. The molecule has 0 fully saturated rings. The lowest BCUT2D eigenvalue weighted by Gasteiger charge is -2.09. The first-order valence-electron chi connectivity index (χ1n) is 8.84. The lowest BCUT2D eigenvalue weighted by atomic mass is 10.2. The van der Waals surface area contributed by atoms with Crippen molar-refractivity contribution in [2.45, 2.75) is 18.4 Å². The highest BCUT2D eigenvalue weighted by atomic mass is 32.2. The second-order valence-corrected chi connectivity index (χ2v) is 8.24. The van der Waals surface area contributed by atoms with Crippen LogP contribution >= 0.6 is 23.1 Å². The Morgan fingerprint density at radius 2 is 2.11 bits per heavy atom. The van der Waals surface area contributed by atoms with Crippen LogP contribution in [0.2, 0.25) is 0 Å². The highest BCUT2D eigenvalue weighted by Crippen LogP contribution is 2.25. The number of rotatable bonds is 7. The van der Waals surface area contributed by atoms with Gasteiger partial charge in [0.05, 0.1) is 10.4 Å². The van der Waals surface area contributed by atoms with Gasteiger partial charge in [0, 0.05) is 36.4 Å². The van der Waals surface area contributed by atoms with Crippen LogP contribution in [0.4, 0.5) is 0 Å². The van der Waals surface area contributed by atoms with E-state index in [0.717, 1.165) is 32.4 Å². The topological polar surface area (TPSA) is 51.3 Å². The molecule has 1 aromatic carbocycles. The summed E-state index contributed by atoms with van der Waals surface area (Å²) in [5.74, 6) is 0.918. The van der Waals surface area contributed by atoms with Crippen molar-refractivity contribution in [1.82, 2.24) is 19.5 Å². The summed E-state index contributed by atoms with van der Waals surface area (Å²) in [5, 5.41) is 9.70. The van der Waals surface area contributed by atoms with E-state index in [1.54, 1.807) is 23.1 Å². The number of thioether (sulfide) groups is 1. The summed E-state index contributed by atoms with van der Waals surface area (Å²) >= 11 is 3.37. The molecule has 0 saturated heterocycles. The lowest BCUT2D eigenvalue weighted by molar-refractivity contribution is 0.0949. The third-order valence-electron chi connectivity index (χ3n) is 4.24. The molecule has 27 heavy (non-hydrogen) atoms. The number of fused-ring (bicyclic) bond motifs is 1. The first-order chi connectivity index (χ1) is 13.3. The van der Waals surface area contributed by atoms with E-state index in [-0.39, 0.29) is 5.91 Å². The van der Waals surface area contributed by atoms with E-state index >= 15 is 0 Å². The molecule has 1 amide bonds. The Morgan fingerprint density at radius 1 is 1.22 bits per heavy atom. The van der Waals surface area contributed by atoms with Crippen LogP contribution < -0.4 is 5.32 Å². The number of imidazole rings is 1. The number of hydrogen-bond donors (Lipinski definition) is 1. The van der Waals surface area contributed by atoms with E-state index < -0.39 is 0 Å². The Balaban J connectivity index is 1.43. The van der Waals surface area contributed by atoms with Gasteiger partial charge in [0.25, 0.3) is 5.91 Å². The first kappa shape index (κ1) is 17.9. The van der Waals surface area contributed by atoms with Gasteiger partial charge in [-0.2, -0.15) is 5.10 Å². The van der Waals surface area contributed by atoms with Crippen molar-refractivity contribution in [2.75, 3.05) is 12.3 Å². The standard InChI is InChI=1S/C20H20N4OS2/c1-2-26-17-7-4-3-6-15(17)20(25)21-9-10-23-11-12-24-19(23)14-16(22-24)18-8-5-13-27-18/h3-8,11-14H,2,9-10H2,1H3,(H,21,25). The van der Waals surface area contributed by atoms with Crippen LogP contribution in [0.1, 0.15) is 17.3 Å². The molecule has 138 valence electrons. The van der Waals surface area contributed by atoms with Crippen LogP contribution in [0.3, 0.4) is 0 Å². The van der Waals surface area contributed by atoms with Gasteiger partial charge < -0.3 is 9.88 Å². The number of amides is 1. The van der Waals surface area contributed by atoms with Crippen molar-refractivity contribution in [2.24, 2.45) is 0 Å². The molecule has 0 bridgehead atoms. The molecule has 0 aliphatic heterocycles. The molecule has 0 atom stereocenters. The zero-order chi connectivity index (χ0) is 18.6. The van der Waals surface area contributed by atoms with Gasteiger partial charge in [-0.3, -0.25) is 4.79 Å². The van der Waals surface area contributed by atoms with Crippen LogP contribution in [-0.4, -0.2) is 32.4 Å². The largest absolute Gasteiger partial charge is 0.350 e. The number of nitrogens with one attached hydrogen (secondary N) is 1. The van der Waals surface area contributed by atoms with Crippen molar-refractivity contribution >= 4 is 34.7 Å². The van der Waals surface area contributed by atoms with Gasteiger partial charge in [0.2, 0.25) is 0 Å². The van der Waals surface area contributed by atoms with Gasteiger partial charge in [0.1, 0.15) is 11.3 Å². The molecule has 3 heterocycles. The number of nitrogens with zero attached hydrogens (tertiary/aromatic N) is 3. The molecule has 0 aliphatic rings. The lowest BCUT2D eigenvalue weighted by Crippen LogP contribution is -2.27. The average molecular weight is 397 g/mol. The molecule has 7 heteroatoms. The average Bonchev–Trinajstić information content (AvgIpc) is 3.40. The SMILES string of the molecule is CCSc1ccccc1C(=O)NCCn1ccn2nc(-c3cccs3)cc12. The maximum absolute atomic E-state index is 12.5. The smallest absolute Gasteiger partial charge is 0.252 e. The molecule has 3 aromatic heterocycles. The van der Waals surface area contributed by atoms with Gasteiger partial charge in [-0.15, -0.1) is 23.1 Å². The van der Waals surface area contributed by atoms with Gasteiger partial charge in [0.15, 0.2) is 0 Å². The quantitative estimate of drug-likeness (QED) is 0.471. The summed E-state index contributed by atoms with van der Waals surface area (Å²) in [6, 6.07) is 13.9. The highest BCUT2D eigenvalue weighted by Gasteiger charge is 2.12. The normalized spacial score (nSPS) is 11.1. The fourth-order valence-electron chi connectivity index (χ4n) is 2.98. The van der Waals surface area contributed by atoms with Gasteiger partial charge >= 0.3 is 0 Å². The summed E-state index contributed by atoms with van der Waals surface area (Å²) in [6.45, 7) is 3.35. The van der Waals surface area contributed by atoms with Crippen LogP contribution in [0.5, 0.6) is 0 Å². The fraction of sp³-hybridized carbons (Fsp3) is 0.200. The van der Waals surface area contributed by atoms with E-state index in [0.29, 0.717) is 13.1 Å². The number of benzene rings is 1. The Kier molecular flexibility index (Phi) is 5.31. The van der Waals surface area contributed by atoms with E-state index in [4.69, 9.17) is 0 Å². The second kappa shape index (κ2) is 8.02. The fourth-order valence-corrected chi connectivity index (χ4v) is 4.47. The summed E-state index contributed by atoms with van der Waals surface area (Å²) in [6.07, 6.45) is 3.94. The summed E-state index contributed by atoms with van der Waals surface area (Å²) in [4.78, 5) is 14.7. The Morgan fingerprint density at radius 3 is 2.93 bits per heavy atom. The molecule has 0 aliphatic carbocycles. The van der Waals surface area contributed by atoms with Crippen LogP contribution in [-0.2, 0) is 6.54 Å². The van der Waals surface area contributed by atoms with Gasteiger partial charge in [-0.1, -0.05) is 25.1 Å². The summed E-state index contributed by atoms with van der Waals surface area (Å²) in [7, 11) is 0. The number of carbonyl (C=O) groups is 1. The summed E-state index contributed by atoms with van der Waals surface area (Å²) < 4.78 is 3.99. The maximum Gasteiger partial charge on any atom is 0.252 e. The highest BCUT2D eigenvalue weighted by molar-refractivity contribution is 7.99. The second-order valence-electron chi connectivity index (χ2n) is 5.99. The minimum atomic E-state index is -0.0255. The molecule has 0 saturated carbocycles. The molecule has 5 nitrogen and oxygen atoms in total. The van der Waals surface area contributed by atoms with Crippen LogP contribution in [0.15, 0.2) is 65.1 Å². The van der Waals surface area contributed by atoms with Crippen molar-refractivity contribution in [1.29, 1.82) is 0 Å². The Bertz CT molecular complexity index is 1050. The molecule has 0 unspecified atom stereocenters. The number of carbonyl (C=O) groups excluding carboxylic acids is 1. The van der Waals surface area contributed by atoms with E-state index in [9.17, 15) is 4.79 Å². The first-order valence-corrected chi connectivity index (χ1v) is 10.7. The number of hydrogen-bond acceptors (Lipinski definition) is 4. The molecule has 0 radical (unpaired) electrons. The van der Waals surface area contributed by atoms with Gasteiger partial charge in [-0.25, -0.2) is 4.52 Å². The van der Waals surface area contributed by atoms with Gasteiger partial charge in [-0.05, 0) is 29.3 Å². The van der Waals surface area contributed by atoms with Crippen molar-refractivity contribution in [3.63, 3.8) is 0 Å². The van der Waals surface area contributed by atoms with Crippen LogP contribution in [0.25, 0.3) is 16.2 Å². The van der Waals surface area contributed by atoms with E-state index in [1.165, 1.54) is 0 Å². The predicted octanol–water partition coefficient (Wildman–Crippen LogP) is 4.41. The minimum Gasteiger partial charge on any atom is -0.350 e.